The molecule has 1 rings (SSSR count). The number of nitrogens with one attached hydrogen (secondary N) is 1. The van der Waals surface area contributed by atoms with E-state index in [0.29, 0.717) is 6.54 Å². The van der Waals surface area contributed by atoms with Gasteiger partial charge in [-0.05, 0) is 47.0 Å². The summed E-state index contributed by atoms with van der Waals surface area (Å²) >= 11 is 0. The summed E-state index contributed by atoms with van der Waals surface area (Å²) in [6.07, 6.45) is 0. The Bertz CT molecular complexity index is 457. The molecule has 1 atom stereocenters. The van der Waals surface area contributed by atoms with Crippen LogP contribution in [0.4, 0.5) is 5.69 Å². The summed E-state index contributed by atoms with van der Waals surface area (Å²) in [6, 6.07) is 6.13. The van der Waals surface area contributed by atoms with E-state index in [2.05, 4.69) is 17.1 Å². The second-order valence-corrected chi connectivity index (χ2v) is 5.50. The molecule has 0 aliphatic carbocycles. The number of likely N-dealkylation sites (N-methyl/N-ethyl adjacent to an activating group) is 2. The van der Waals surface area contributed by atoms with Gasteiger partial charge >= 0.3 is 0 Å². The summed E-state index contributed by atoms with van der Waals surface area (Å²) < 4.78 is 0. The van der Waals surface area contributed by atoms with Gasteiger partial charge in [0.15, 0.2) is 0 Å². The van der Waals surface area contributed by atoms with Crippen LogP contribution in [0.25, 0.3) is 0 Å². The van der Waals surface area contributed by atoms with E-state index in [1.807, 2.05) is 58.1 Å². The molecule has 1 aromatic carbocycles. The van der Waals surface area contributed by atoms with E-state index in [9.17, 15) is 4.79 Å². The zero-order valence-corrected chi connectivity index (χ0v) is 13.5. The summed E-state index contributed by atoms with van der Waals surface area (Å²) in [4.78, 5) is 16.8. The number of hydrogen-bond acceptors (Lipinski definition) is 3. The molecule has 0 aromatic heterocycles. The van der Waals surface area contributed by atoms with Crippen molar-refractivity contribution in [2.75, 3.05) is 39.5 Å². The second-order valence-electron chi connectivity index (χ2n) is 5.50. The molecule has 0 radical (unpaired) electrons. The Balaban J connectivity index is 3.04. The molecule has 0 saturated carbocycles. The largest absolute Gasteiger partial charge is 0.387 e. The lowest BCUT2D eigenvalue weighted by Crippen LogP contribution is -2.43. The first-order valence-electron chi connectivity index (χ1n) is 7.14. The summed E-state index contributed by atoms with van der Waals surface area (Å²) in [6.45, 7) is 7.70. The van der Waals surface area contributed by atoms with Crippen molar-refractivity contribution in [2.24, 2.45) is 0 Å². The van der Waals surface area contributed by atoms with Crippen molar-refractivity contribution in [3.63, 3.8) is 0 Å². The van der Waals surface area contributed by atoms with Gasteiger partial charge in [0, 0.05) is 31.9 Å². The predicted octanol–water partition coefficient (Wildman–Crippen LogP) is 2.45. The van der Waals surface area contributed by atoms with E-state index in [1.165, 1.54) is 0 Å². The van der Waals surface area contributed by atoms with E-state index in [1.54, 1.807) is 0 Å². The van der Waals surface area contributed by atoms with E-state index in [0.717, 1.165) is 23.4 Å². The van der Waals surface area contributed by atoms with Gasteiger partial charge in [0.2, 0.25) is 0 Å². The lowest BCUT2D eigenvalue weighted by atomic mass is 10.1. The number of aryl methyl sites for hydroxylation is 1. The molecular weight excluding hydrogens is 250 g/mol. The molecule has 0 spiro atoms. The Morgan fingerprint density at radius 3 is 2.50 bits per heavy atom. The van der Waals surface area contributed by atoms with Gasteiger partial charge in [-0.2, -0.15) is 0 Å². The number of amides is 1. The molecule has 0 bridgehead atoms. The Morgan fingerprint density at radius 1 is 1.35 bits per heavy atom. The first-order chi connectivity index (χ1) is 9.40. The Morgan fingerprint density at radius 2 is 2.00 bits per heavy atom. The number of rotatable bonds is 6. The maximum absolute atomic E-state index is 12.8. The molecule has 0 fully saturated rings. The molecule has 0 aliphatic heterocycles. The lowest BCUT2D eigenvalue weighted by molar-refractivity contribution is 0.0680. The van der Waals surface area contributed by atoms with Crippen LogP contribution in [0.3, 0.4) is 0 Å². The van der Waals surface area contributed by atoms with Gasteiger partial charge in [-0.1, -0.05) is 11.6 Å². The third kappa shape index (κ3) is 3.97. The predicted molar refractivity (Wildman–Crippen MR) is 85.5 cm³/mol. The van der Waals surface area contributed by atoms with Crippen LogP contribution in [0.5, 0.6) is 0 Å². The molecule has 20 heavy (non-hydrogen) atoms. The molecule has 0 heterocycles. The van der Waals surface area contributed by atoms with Gasteiger partial charge < -0.3 is 15.1 Å². The van der Waals surface area contributed by atoms with Crippen molar-refractivity contribution in [3.05, 3.63) is 29.3 Å². The zero-order chi connectivity index (χ0) is 15.3. The van der Waals surface area contributed by atoms with Gasteiger partial charge in [-0.15, -0.1) is 0 Å². The van der Waals surface area contributed by atoms with Crippen molar-refractivity contribution in [1.82, 2.24) is 9.80 Å². The summed E-state index contributed by atoms with van der Waals surface area (Å²) in [7, 11) is 5.90. The van der Waals surface area contributed by atoms with Crippen LogP contribution in [-0.4, -0.2) is 56.0 Å². The quantitative estimate of drug-likeness (QED) is 0.867. The van der Waals surface area contributed by atoms with Crippen LogP contribution in [0.1, 0.15) is 29.8 Å². The third-order valence-electron chi connectivity index (χ3n) is 3.44. The fraction of sp³-hybridized carbons (Fsp3) is 0.562. The molecule has 1 aromatic rings. The maximum atomic E-state index is 12.8. The SMILES string of the molecule is CCN(C(=O)c1cc(C)ccc1NC)C(C)CN(C)C. The van der Waals surface area contributed by atoms with E-state index in [-0.39, 0.29) is 11.9 Å². The number of nitrogens with zero attached hydrogens (tertiary/aromatic N) is 2. The molecule has 1 unspecified atom stereocenters. The third-order valence-corrected chi connectivity index (χ3v) is 3.44. The van der Waals surface area contributed by atoms with Crippen molar-refractivity contribution in [2.45, 2.75) is 26.8 Å². The van der Waals surface area contributed by atoms with Crippen molar-refractivity contribution >= 4 is 11.6 Å². The van der Waals surface area contributed by atoms with E-state index >= 15 is 0 Å². The van der Waals surface area contributed by atoms with Gasteiger partial charge in [0.25, 0.3) is 5.91 Å². The molecule has 4 nitrogen and oxygen atoms in total. The van der Waals surface area contributed by atoms with Crippen LogP contribution < -0.4 is 5.32 Å². The number of carbonyl (C=O) groups excluding carboxylic acids is 1. The molecule has 4 heteroatoms. The highest BCUT2D eigenvalue weighted by Crippen LogP contribution is 2.20. The van der Waals surface area contributed by atoms with E-state index in [4.69, 9.17) is 0 Å². The monoisotopic (exact) mass is 277 g/mol. The average Bonchev–Trinajstić information content (AvgIpc) is 2.38. The first kappa shape index (κ1) is 16.5. The van der Waals surface area contributed by atoms with Crippen molar-refractivity contribution in [3.8, 4) is 0 Å². The fourth-order valence-electron chi connectivity index (χ4n) is 2.49. The molecule has 0 aliphatic rings. The molecule has 0 saturated heterocycles. The zero-order valence-electron chi connectivity index (χ0n) is 13.5. The van der Waals surface area contributed by atoms with Gasteiger partial charge in [0.1, 0.15) is 0 Å². The van der Waals surface area contributed by atoms with Gasteiger partial charge in [-0.3, -0.25) is 4.79 Å². The standard InChI is InChI=1S/C16H27N3O/c1-7-19(13(3)11-18(5)6)16(20)14-10-12(2)8-9-15(14)17-4/h8-10,13,17H,7,11H2,1-6H3. The van der Waals surface area contributed by atoms with Crippen LogP contribution in [0.2, 0.25) is 0 Å². The van der Waals surface area contributed by atoms with Crippen molar-refractivity contribution in [1.29, 1.82) is 0 Å². The minimum absolute atomic E-state index is 0.0925. The van der Waals surface area contributed by atoms with E-state index < -0.39 is 0 Å². The van der Waals surface area contributed by atoms with Crippen LogP contribution in [0.15, 0.2) is 18.2 Å². The van der Waals surface area contributed by atoms with Crippen LogP contribution in [0, 0.1) is 6.92 Å². The van der Waals surface area contributed by atoms with Gasteiger partial charge in [-0.25, -0.2) is 0 Å². The molecule has 1 N–H and O–H groups in total. The molecule has 1 amide bonds. The minimum atomic E-state index is 0.0925. The Labute approximate surface area is 122 Å². The number of hydrogen-bond donors (Lipinski definition) is 1. The summed E-state index contributed by atoms with van der Waals surface area (Å²) in [5.74, 6) is 0.0925. The normalized spacial score (nSPS) is 12.3. The number of carbonyl (C=O) groups is 1. The number of anilines is 1. The highest BCUT2D eigenvalue weighted by Gasteiger charge is 2.22. The average molecular weight is 277 g/mol. The second kappa shape index (κ2) is 7.29. The fourth-order valence-corrected chi connectivity index (χ4v) is 2.49. The molecule has 112 valence electrons. The van der Waals surface area contributed by atoms with Gasteiger partial charge in [0.05, 0.1) is 5.56 Å². The topological polar surface area (TPSA) is 35.6 Å². The highest BCUT2D eigenvalue weighted by atomic mass is 16.2. The highest BCUT2D eigenvalue weighted by molar-refractivity contribution is 6.00. The summed E-state index contributed by atoms with van der Waals surface area (Å²) in [5.41, 5.74) is 2.74. The summed E-state index contributed by atoms with van der Waals surface area (Å²) in [5, 5.41) is 3.10. The molecular formula is C16H27N3O. The van der Waals surface area contributed by atoms with Crippen LogP contribution in [-0.2, 0) is 0 Å². The Hall–Kier alpha value is -1.55. The van der Waals surface area contributed by atoms with Crippen molar-refractivity contribution < 1.29 is 4.79 Å². The van der Waals surface area contributed by atoms with Crippen LogP contribution >= 0.6 is 0 Å². The number of benzene rings is 1. The first-order valence-corrected chi connectivity index (χ1v) is 7.14. The Kier molecular flexibility index (Phi) is 6.02. The minimum Gasteiger partial charge on any atom is -0.387 e. The smallest absolute Gasteiger partial charge is 0.256 e. The lowest BCUT2D eigenvalue weighted by Gasteiger charge is -2.30. The maximum Gasteiger partial charge on any atom is 0.256 e.